The third-order valence-corrected chi connectivity index (χ3v) is 6.78. The Hall–Kier alpha value is -3.56. The molecule has 34 heavy (non-hydrogen) atoms. The Morgan fingerprint density at radius 2 is 1.94 bits per heavy atom. The highest BCUT2D eigenvalue weighted by Crippen LogP contribution is 2.37. The normalized spacial score (nSPS) is 14.9. The number of ether oxygens (including phenoxy) is 2. The van der Waals surface area contributed by atoms with Crippen molar-refractivity contribution in [2.24, 2.45) is 5.10 Å². The van der Waals surface area contributed by atoms with Gasteiger partial charge in [0.25, 0.3) is 5.56 Å². The summed E-state index contributed by atoms with van der Waals surface area (Å²) in [5, 5.41) is 4.86. The smallest absolute Gasteiger partial charge is 0.268 e. The van der Waals surface area contributed by atoms with E-state index < -0.39 is 0 Å². The SMILES string of the molecule is COc1ccc(-n2c(NN=Cc3ccc(F)cc3)nc3sc4c(c3c2=O)CC(C)(C)OC4)cc1. The van der Waals surface area contributed by atoms with Gasteiger partial charge in [-0.15, -0.1) is 11.3 Å². The van der Waals surface area contributed by atoms with E-state index in [1.54, 1.807) is 49.7 Å². The molecular formula is C25H23FN4O3S. The van der Waals surface area contributed by atoms with Crippen LogP contribution in [0.3, 0.4) is 0 Å². The summed E-state index contributed by atoms with van der Waals surface area (Å²) >= 11 is 1.47. The van der Waals surface area contributed by atoms with Crippen LogP contribution >= 0.6 is 11.3 Å². The zero-order valence-electron chi connectivity index (χ0n) is 19.0. The molecule has 1 aliphatic rings. The molecule has 0 spiro atoms. The number of nitrogens with one attached hydrogen (secondary N) is 1. The first-order chi connectivity index (χ1) is 16.3. The van der Waals surface area contributed by atoms with E-state index in [-0.39, 0.29) is 22.9 Å². The number of hydrogen-bond donors (Lipinski definition) is 1. The second kappa shape index (κ2) is 8.66. The predicted octanol–water partition coefficient (Wildman–Crippen LogP) is 4.89. The average molecular weight is 479 g/mol. The van der Waals surface area contributed by atoms with E-state index in [0.717, 1.165) is 10.4 Å². The number of anilines is 1. The lowest BCUT2D eigenvalue weighted by Gasteiger charge is -2.29. The molecule has 1 N–H and O–H groups in total. The average Bonchev–Trinajstić information content (AvgIpc) is 3.17. The van der Waals surface area contributed by atoms with Gasteiger partial charge in [-0.3, -0.25) is 4.79 Å². The number of aromatic nitrogens is 2. The van der Waals surface area contributed by atoms with Gasteiger partial charge in [-0.05, 0) is 61.4 Å². The molecule has 1 aliphatic heterocycles. The number of halogens is 1. The zero-order chi connectivity index (χ0) is 23.9. The van der Waals surface area contributed by atoms with Gasteiger partial charge in [0, 0.05) is 11.3 Å². The molecule has 3 heterocycles. The number of nitrogens with zero attached hydrogens (tertiary/aromatic N) is 3. The van der Waals surface area contributed by atoms with Crippen molar-refractivity contribution < 1.29 is 13.9 Å². The molecule has 0 atom stereocenters. The Morgan fingerprint density at radius 1 is 1.21 bits per heavy atom. The highest BCUT2D eigenvalue weighted by molar-refractivity contribution is 7.18. The minimum absolute atomic E-state index is 0.176. The van der Waals surface area contributed by atoms with Crippen LogP contribution in [0.1, 0.15) is 29.9 Å². The second-order valence-corrected chi connectivity index (χ2v) is 9.69. The van der Waals surface area contributed by atoms with Gasteiger partial charge in [-0.25, -0.2) is 19.4 Å². The number of thiophene rings is 1. The van der Waals surface area contributed by atoms with Gasteiger partial charge in [0.2, 0.25) is 5.95 Å². The molecule has 0 amide bonds. The lowest BCUT2D eigenvalue weighted by atomic mass is 9.94. The topological polar surface area (TPSA) is 77.7 Å². The maximum atomic E-state index is 13.8. The van der Waals surface area contributed by atoms with E-state index in [1.807, 2.05) is 13.8 Å². The first kappa shape index (κ1) is 22.2. The molecular weight excluding hydrogens is 455 g/mol. The molecule has 5 rings (SSSR count). The van der Waals surface area contributed by atoms with Crippen molar-refractivity contribution in [3.05, 3.63) is 80.7 Å². The summed E-state index contributed by atoms with van der Waals surface area (Å²) in [7, 11) is 1.59. The van der Waals surface area contributed by atoms with Crippen LogP contribution in [0.15, 0.2) is 58.4 Å². The van der Waals surface area contributed by atoms with Crippen molar-refractivity contribution in [2.75, 3.05) is 12.5 Å². The lowest BCUT2D eigenvalue weighted by molar-refractivity contribution is -0.0379. The summed E-state index contributed by atoms with van der Waals surface area (Å²) in [6.07, 6.45) is 2.18. The van der Waals surface area contributed by atoms with Gasteiger partial charge < -0.3 is 9.47 Å². The molecule has 174 valence electrons. The zero-order valence-corrected chi connectivity index (χ0v) is 19.8. The Labute approximate surface area is 199 Å². The molecule has 2 aromatic heterocycles. The van der Waals surface area contributed by atoms with Crippen LogP contribution in [-0.2, 0) is 17.8 Å². The van der Waals surface area contributed by atoms with Crippen molar-refractivity contribution in [1.82, 2.24) is 9.55 Å². The van der Waals surface area contributed by atoms with Crippen LogP contribution in [-0.4, -0.2) is 28.5 Å². The van der Waals surface area contributed by atoms with E-state index in [2.05, 4.69) is 10.5 Å². The van der Waals surface area contributed by atoms with E-state index in [9.17, 15) is 9.18 Å². The molecule has 0 saturated carbocycles. The highest BCUT2D eigenvalue weighted by Gasteiger charge is 2.31. The van der Waals surface area contributed by atoms with Crippen LogP contribution in [0, 0.1) is 5.82 Å². The highest BCUT2D eigenvalue weighted by atomic mass is 32.1. The molecule has 0 fully saturated rings. The number of methoxy groups -OCH3 is 1. The Morgan fingerprint density at radius 3 is 2.65 bits per heavy atom. The fourth-order valence-electron chi connectivity index (χ4n) is 3.95. The van der Waals surface area contributed by atoms with Gasteiger partial charge in [-0.1, -0.05) is 12.1 Å². The van der Waals surface area contributed by atoms with Crippen LogP contribution in [0.4, 0.5) is 10.3 Å². The third-order valence-electron chi connectivity index (χ3n) is 5.68. The lowest BCUT2D eigenvalue weighted by Crippen LogP contribution is -2.32. The fourth-order valence-corrected chi connectivity index (χ4v) is 5.05. The molecule has 0 radical (unpaired) electrons. The minimum atomic E-state index is -0.352. The van der Waals surface area contributed by atoms with E-state index >= 15 is 0 Å². The Balaban J connectivity index is 1.63. The molecule has 0 unspecified atom stereocenters. The maximum absolute atomic E-state index is 13.8. The van der Waals surface area contributed by atoms with Crippen LogP contribution < -0.4 is 15.7 Å². The molecule has 4 aromatic rings. The summed E-state index contributed by atoms with van der Waals surface area (Å²) < 4.78 is 25.9. The predicted molar refractivity (Wildman–Crippen MR) is 132 cm³/mol. The van der Waals surface area contributed by atoms with Gasteiger partial charge >= 0.3 is 0 Å². The number of hydrazone groups is 1. The molecule has 2 aromatic carbocycles. The number of fused-ring (bicyclic) bond motifs is 3. The minimum Gasteiger partial charge on any atom is -0.497 e. The molecule has 0 saturated heterocycles. The summed E-state index contributed by atoms with van der Waals surface area (Å²) in [5.41, 5.74) is 4.71. The number of hydrogen-bond acceptors (Lipinski definition) is 7. The van der Waals surface area contributed by atoms with Crippen molar-refractivity contribution >= 4 is 33.7 Å². The summed E-state index contributed by atoms with van der Waals surface area (Å²) in [5.74, 6) is 0.640. The molecule has 0 aliphatic carbocycles. The largest absolute Gasteiger partial charge is 0.497 e. The van der Waals surface area contributed by atoms with E-state index in [0.29, 0.717) is 40.2 Å². The van der Waals surface area contributed by atoms with Crippen LogP contribution in [0.5, 0.6) is 5.75 Å². The van der Waals surface area contributed by atoms with Crippen molar-refractivity contribution in [3.8, 4) is 11.4 Å². The van der Waals surface area contributed by atoms with Crippen molar-refractivity contribution in [3.63, 3.8) is 0 Å². The third kappa shape index (κ3) is 4.20. The summed E-state index contributed by atoms with van der Waals surface area (Å²) in [6.45, 7) is 4.50. The first-order valence-corrected chi connectivity index (χ1v) is 11.6. The first-order valence-electron chi connectivity index (χ1n) is 10.7. The van der Waals surface area contributed by atoms with Crippen LogP contribution in [0.2, 0.25) is 0 Å². The maximum Gasteiger partial charge on any atom is 0.268 e. The molecule has 7 nitrogen and oxygen atoms in total. The van der Waals surface area contributed by atoms with Gasteiger partial charge in [0.1, 0.15) is 16.4 Å². The number of benzene rings is 2. The second-order valence-electron chi connectivity index (χ2n) is 8.60. The molecule has 9 heteroatoms. The van der Waals surface area contributed by atoms with Gasteiger partial charge in [0.05, 0.1) is 36.6 Å². The van der Waals surface area contributed by atoms with Crippen molar-refractivity contribution in [2.45, 2.75) is 32.5 Å². The standard InChI is InChI=1S/C25H23FN4O3S/c1-25(2)12-19-20(14-33-25)34-22-21(19)23(31)30(17-8-10-18(32-3)11-9-17)24(28-22)29-27-13-15-4-6-16(26)7-5-15/h4-11,13H,12,14H2,1-3H3,(H,28,29). The number of rotatable bonds is 5. The van der Waals surface area contributed by atoms with Crippen LogP contribution in [0.25, 0.3) is 15.9 Å². The monoisotopic (exact) mass is 478 g/mol. The summed E-state index contributed by atoms with van der Waals surface area (Å²) in [4.78, 5) is 20.3. The van der Waals surface area contributed by atoms with Gasteiger partial charge in [-0.2, -0.15) is 5.10 Å². The van der Waals surface area contributed by atoms with Crippen molar-refractivity contribution in [1.29, 1.82) is 0 Å². The van der Waals surface area contributed by atoms with E-state index in [1.165, 1.54) is 28.0 Å². The molecule has 0 bridgehead atoms. The summed E-state index contributed by atoms with van der Waals surface area (Å²) in [6, 6.07) is 13.1. The Kier molecular flexibility index (Phi) is 5.66. The van der Waals surface area contributed by atoms with Gasteiger partial charge in [0.15, 0.2) is 0 Å². The Bertz CT molecular complexity index is 1440. The quantitative estimate of drug-likeness (QED) is 0.326. The fraction of sp³-hybridized carbons (Fsp3) is 0.240. The van der Waals surface area contributed by atoms with E-state index in [4.69, 9.17) is 14.5 Å².